The van der Waals surface area contributed by atoms with Crippen molar-refractivity contribution in [3.63, 3.8) is 0 Å². The molecule has 1 aromatic rings. The maximum absolute atomic E-state index is 12.2. The van der Waals surface area contributed by atoms with Crippen molar-refractivity contribution >= 4 is 11.9 Å². The molecule has 0 fully saturated rings. The Balaban J connectivity index is 1.91. The second kappa shape index (κ2) is 9.11. The number of carbonyl (C=O) groups excluding carboxylic acids is 2. The fourth-order valence-electron chi connectivity index (χ4n) is 2.49. The van der Waals surface area contributed by atoms with Crippen molar-refractivity contribution in [1.29, 1.82) is 0 Å². The van der Waals surface area contributed by atoms with Crippen molar-refractivity contribution in [3.05, 3.63) is 47.4 Å². The molecule has 0 saturated heterocycles. The molecule has 0 unspecified atom stereocenters. The van der Waals surface area contributed by atoms with E-state index in [0.29, 0.717) is 6.61 Å². The summed E-state index contributed by atoms with van der Waals surface area (Å²) >= 11 is 0. The normalized spacial score (nSPS) is 14.8. The molecule has 0 spiro atoms. The van der Waals surface area contributed by atoms with E-state index in [1.807, 2.05) is 26.0 Å². The SMILES string of the molecule is CCc1ccc([C@H](NC(=O)COC(=O)C2=COCCO2)C(C)C)cc1. The Bertz CT molecular complexity index is 621. The van der Waals surface area contributed by atoms with E-state index >= 15 is 0 Å². The molecule has 1 N–H and O–H groups in total. The molecular weight excluding hydrogens is 322 g/mol. The average Bonchev–Trinajstić information content (AvgIpc) is 2.64. The zero-order valence-corrected chi connectivity index (χ0v) is 14.9. The molecule has 136 valence electrons. The summed E-state index contributed by atoms with van der Waals surface area (Å²) in [5.41, 5.74) is 2.27. The monoisotopic (exact) mass is 347 g/mol. The molecule has 1 aliphatic rings. The van der Waals surface area contributed by atoms with E-state index in [0.717, 1.165) is 12.0 Å². The Morgan fingerprint density at radius 1 is 1.20 bits per heavy atom. The van der Waals surface area contributed by atoms with Crippen LogP contribution in [0, 0.1) is 5.92 Å². The number of carbonyl (C=O) groups is 2. The fraction of sp³-hybridized carbons (Fsp3) is 0.474. The molecule has 1 atom stereocenters. The topological polar surface area (TPSA) is 73.9 Å². The zero-order valence-electron chi connectivity index (χ0n) is 14.9. The van der Waals surface area contributed by atoms with Gasteiger partial charge in [0.15, 0.2) is 6.61 Å². The predicted molar refractivity (Wildman–Crippen MR) is 92.5 cm³/mol. The van der Waals surface area contributed by atoms with Crippen LogP contribution in [0.25, 0.3) is 0 Å². The van der Waals surface area contributed by atoms with Crippen molar-refractivity contribution < 1.29 is 23.8 Å². The number of nitrogens with one attached hydrogen (secondary N) is 1. The molecule has 1 aromatic carbocycles. The molecule has 0 aromatic heterocycles. The maximum atomic E-state index is 12.2. The summed E-state index contributed by atoms with van der Waals surface area (Å²) in [6.07, 6.45) is 2.17. The Morgan fingerprint density at radius 2 is 1.92 bits per heavy atom. The van der Waals surface area contributed by atoms with Crippen LogP contribution in [0.15, 0.2) is 36.3 Å². The summed E-state index contributed by atoms with van der Waals surface area (Å²) in [6.45, 7) is 6.48. The Morgan fingerprint density at radius 3 is 2.48 bits per heavy atom. The van der Waals surface area contributed by atoms with Gasteiger partial charge in [-0.2, -0.15) is 0 Å². The highest BCUT2D eigenvalue weighted by molar-refractivity contribution is 5.88. The third-order valence-corrected chi connectivity index (χ3v) is 3.91. The Hall–Kier alpha value is -2.50. The first kappa shape index (κ1) is 18.8. The van der Waals surface area contributed by atoms with Crippen LogP contribution in [0.3, 0.4) is 0 Å². The summed E-state index contributed by atoms with van der Waals surface area (Å²) < 4.78 is 15.1. The minimum absolute atomic E-state index is 0.0189. The highest BCUT2D eigenvalue weighted by Gasteiger charge is 2.21. The number of ether oxygens (including phenoxy) is 3. The van der Waals surface area contributed by atoms with E-state index in [9.17, 15) is 9.59 Å². The van der Waals surface area contributed by atoms with Gasteiger partial charge in [-0.3, -0.25) is 4.79 Å². The van der Waals surface area contributed by atoms with Crippen LogP contribution in [-0.4, -0.2) is 31.7 Å². The van der Waals surface area contributed by atoms with Crippen molar-refractivity contribution in [1.82, 2.24) is 5.32 Å². The minimum atomic E-state index is -0.705. The van der Waals surface area contributed by atoms with Gasteiger partial charge >= 0.3 is 5.97 Å². The van der Waals surface area contributed by atoms with Gasteiger partial charge in [0.25, 0.3) is 5.91 Å². The van der Waals surface area contributed by atoms with Crippen molar-refractivity contribution in [2.24, 2.45) is 5.92 Å². The van der Waals surface area contributed by atoms with Crippen molar-refractivity contribution in [2.75, 3.05) is 19.8 Å². The molecule has 2 rings (SSSR count). The second-order valence-corrected chi connectivity index (χ2v) is 6.16. The molecule has 1 aliphatic heterocycles. The van der Waals surface area contributed by atoms with Gasteiger partial charge in [0.1, 0.15) is 19.5 Å². The van der Waals surface area contributed by atoms with Crippen LogP contribution in [0.5, 0.6) is 0 Å². The lowest BCUT2D eigenvalue weighted by Crippen LogP contribution is -2.35. The van der Waals surface area contributed by atoms with Gasteiger partial charge in [0, 0.05) is 0 Å². The van der Waals surface area contributed by atoms with Gasteiger partial charge < -0.3 is 19.5 Å². The highest BCUT2D eigenvalue weighted by Crippen LogP contribution is 2.22. The molecule has 0 aliphatic carbocycles. The quantitative estimate of drug-likeness (QED) is 0.767. The first-order chi connectivity index (χ1) is 12.0. The summed E-state index contributed by atoms with van der Waals surface area (Å²) in [5.74, 6) is -0.883. The second-order valence-electron chi connectivity index (χ2n) is 6.16. The highest BCUT2D eigenvalue weighted by atomic mass is 16.6. The van der Waals surface area contributed by atoms with Crippen LogP contribution in [0.1, 0.15) is 37.9 Å². The van der Waals surface area contributed by atoms with E-state index in [2.05, 4.69) is 24.4 Å². The number of hydrogen-bond acceptors (Lipinski definition) is 5. The van der Waals surface area contributed by atoms with Gasteiger partial charge in [0.05, 0.1) is 6.04 Å². The first-order valence-electron chi connectivity index (χ1n) is 8.51. The van der Waals surface area contributed by atoms with Crippen LogP contribution < -0.4 is 5.32 Å². The predicted octanol–water partition coefficient (Wildman–Crippen LogP) is 2.49. The summed E-state index contributed by atoms with van der Waals surface area (Å²) in [4.78, 5) is 23.9. The number of hydrogen-bond donors (Lipinski definition) is 1. The van der Waals surface area contributed by atoms with E-state index in [4.69, 9.17) is 14.2 Å². The Kier molecular flexibility index (Phi) is 6.86. The van der Waals surface area contributed by atoms with Gasteiger partial charge in [-0.1, -0.05) is 45.0 Å². The number of esters is 1. The van der Waals surface area contributed by atoms with E-state index in [1.54, 1.807) is 0 Å². The van der Waals surface area contributed by atoms with Gasteiger partial charge in [0.2, 0.25) is 5.76 Å². The number of amides is 1. The van der Waals surface area contributed by atoms with Crippen molar-refractivity contribution in [2.45, 2.75) is 33.2 Å². The zero-order chi connectivity index (χ0) is 18.2. The van der Waals surface area contributed by atoms with Crippen molar-refractivity contribution in [3.8, 4) is 0 Å². The van der Waals surface area contributed by atoms with Crippen LogP contribution in [0.2, 0.25) is 0 Å². The number of rotatable bonds is 7. The lowest BCUT2D eigenvalue weighted by molar-refractivity contribution is -0.149. The molecule has 25 heavy (non-hydrogen) atoms. The van der Waals surface area contributed by atoms with E-state index < -0.39 is 5.97 Å². The number of aryl methyl sites for hydroxylation is 1. The summed E-state index contributed by atoms with van der Waals surface area (Å²) in [7, 11) is 0. The fourth-order valence-corrected chi connectivity index (χ4v) is 2.49. The lowest BCUT2D eigenvalue weighted by atomic mass is 9.95. The molecular formula is C19H25NO5. The molecule has 0 bridgehead atoms. The molecule has 1 heterocycles. The molecule has 0 radical (unpaired) electrons. The van der Waals surface area contributed by atoms with E-state index in [1.165, 1.54) is 11.8 Å². The van der Waals surface area contributed by atoms with Gasteiger partial charge in [-0.05, 0) is 23.5 Å². The van der Waals surface area contributed by atoms with Gasteiger partial charge in [-0.15, -0.1) is 0 Å². The molecule has 1 amide bonds. The standard InChI is InChI=1S/C19H25NO5/c1-4-14-5-7-15(8-6-14)18(13(2)3)20-17(21)12-25-19(22)16-11-23-9-10-24-16/h5-8,11,13,18H,4,9-10,12H2,1-3H3,(H,20,21)/t18-/m1/s1. The Labute approximate surface area is 148 Å². The van der Waals surface area contributed by atoms with Crippen LogP contribution in [-0.2, 0) is 30.2 Å². The van der Waals surface area contributed by atoms with Crippen LogP contribution >= 0.6 is 0 Å². The average molecular weight is 347 g/mol. The largest absolute Gasteiger partial charge is 0.493 e. The van der Waals surface area contributed by atoms with E-state index in [-0.39, 0.29) is 36.8 Å². The molecule has 6 heteroatoms. The van der Waals surface area contributed by atoms with Gasteiger partial charge in [-0.25, -0.2) is 4.79 Å². The van der Waals surface area contributed by atoms with Crippen LogP contribution in [0.4, 0.5) is 0 Å². The minimum Gasteiger partial charge on any atom is -0.493 e. The lowest BCUT2D eigenvalue weighted by Gasteiger charge is -2.23. The number of benzene rings is 1. The third-order valence-electron chi connectivity index (χ3n) is 3.91. The smallest absolute Gasteiger partial charge is 0.377 e. The molecule has 0 saturated carbocycles. The maximum Gasteiger partial charge on any atom is 0.377 e. The first-order valence-corrected chi connectivity index (χ1v) is 8.51. The molecule has 6 nitrogen and oxygen atoms in total. The summed E-state index contributed by atoms with van der Waals surface area (Å²) in [5, 5.41) is 2.92. The summed E-state index contributed by atoms with van der Waals surface area (Å²) in [6, 6.07) is 8.01. The third kappa shape index (κ3) is 5.52.